The second-order valence-corrected chi connectivity index (χ2v) is 5.75. The smallest absolute Gasteiger partial charge is 0.0318 e. The van der Waals surface area contributed by atoms with Crippen molar-refractivity contribution >= 4 is 0 Å². The van der Waals surface area contributed by atoms with Gasteiger partial charge in [0.15, 0.2) is 0 Å². The van der Waals surface area contributed by atoms with Gasteiger partial charge in [-0.05, 0) is 47.3 Å². The van der Waals surface area contributed by atoms with Crippen molar-refractivity contribution in [2.24, 2.45) is 47.3 Å². The number of hydrogen-bond donors (Lipinski definition) is 0. The molecule has 6 unspecified atom stereocenters. The summed E-state index contributed by atoms with van der Waals surface area (Å²) >= 11 is 0. The molecule has 8 atom stereocenters. The van der Waals surface area contributed by atoms with Crippen LogP contribution in [0.2, 0.25) is 0 Å². The lowest BCUT2D eigenvalue weighted by molar-refractivity contribution is -0.294. The highest BCUT2D eigenvalue weighted by atomic mass is 14.7. The van der Waals surface area contributed by atoms with E-state index in [1.807, 2.05) is 0 Å². The van der Waals surface area contributed by atoms with E-state index in [1.165, 1.54) is 0 Å². The Balaban J connectivity index is 1.80. The van der Waals surface area contributed by atoms with E-state index in [0.29, 0.717) is 0 Å². The first kappa shape index (κ1) is 7.41. The Morgan fingerprint density at radius 2 is 0.583 bits per heavy atom. The molecule has 0 aromatic heterocycles. The Labute approximate surface area is 75.7 Å². The van der Waals surface area contributed by atoms with Gasteiger partial charge in [0.1, 0.15) is 0 Å². The quantitative estimate of drug-likeness (QED) is 0.516. The van der Waals surface area contributed by atoms with E-state index in [4.69, 9.17) is 0 Å². The molecule has 68 valence electrons. The largest absolute Gasteiger partial charge is 0.0620 e. The SMILES string of the molecule is CC1C(C)C2C1C1C2[C@H](C)[C@@H]1C. The van der Waals surface area contributed by atoms with Crippen molar-refractivity contribution in [2.75, 3.05) is 0 Å². The van der Waals surface area contributed by atoms with Gasteiger partial charge < -0.3 is 0 Å². The van der Waals surface area contributed by atoms with Gasteiger partial charge in [-0.3, -0.25) is 0 Å². The third-order valence-corrected chi connectivity index (χ3v) is 5.86. The van der Waals surface area contributed by atoms with Crippen molar-refractivity contribution in [3.63, 3.8) is 0 Å². The lowest BCUT2D eigenvalue weighted by Gasteiger charge is -2.77. The fourth-order valence-corrected chi connectivity index (χ4v) is 4.80. The summed E-state index contributed by atoms with van der Waals surface area (Å²) in [6.45, 7) is 9.88. The van der Waals surface area contributed by atoms with Crippen molar-refractivity contribution in [1.29, 1.82) is 0 Å². The zero-order chi connectivity index (χ0) is 8.62. The molecule has 0 heterocycles. The van der Waals surface area contributed by atoms with Crippen molar-refractivity contribution in [3.8, 4) is 0 Å². The van der Waals surface area contributed by atoms with Crippen LogP contribution in [-0.4, -0.2) is 0 Å². The highest BCUT2D eigenvalue weighted by molar-refractivity contribution is 5.17. The molecule has 3 aliphatic carbocycles. The maximum absolute atomic E-state index is 2.47. The maximum atomic E-state index is 2.47. The molecule has 0 saturated heterocycles. The van der Waals surface area contributed by atoms with E-state index >= 15 is 0 Å². The topological polar surface area (TPSA) is 0 Å². The summed E-state index contributed by atoms with van der Waals surface area (Å²) in [6, 6.07) is 0. The van der Waals surface area contributed by atoms with Gasteiger partial charge in [0.2, 0.25) is 0 Å². The summed E-state index contributed by atoms with van der Waals surface area (Å²) in [6.07, 6.45) is 0. The zero-order valence-corrected chi connectivity index (χ0v) is 8.62. The molecule has 0 aromatic rings. The van der Waals surface area contributed by atoms with E-state index in [9.17, 15) is 0 Å². The fraction of sp³-hybridized carbons (Fsp3) is 1.00. The molecule has 3 rings (SSSR count). The highest BCUT2D eigenvalue weighted by Gasteiger charge is 2.70. The Morgan fingerprint density at radius 3 is 0.750 bits per heavy atom. The van der Waals surface area contributed by atoms with Gasteiger partial charge in [-0.1, -0.05) is 27.7 Å². The Morgan fingerprint density at radius 1 is 0.417 bits per heavy atom. The fourth-order valence-electron chi connectivity index (χ4n) is 4.80. The van der Waals surface area contributed by atoms with E-state index in [-0.39, 0.29) is 0 Å². The van der Waals surface area contributed by atoms with Crippen molar-refractivity contribution in [1.82, 2.24) is 0 Å². The van der Waals surface area contributed by atoms with Gasteiger partial charge in [0.05, 0.1) is 0 Å². The van der Waals surface area contributed by atoms with Crippen molar-refractivity contribution in [2.45, 2.75) is 27.7 Å². The van der Waals surface area contributed by atoms with E-state index in [1.54, 1.807) is 0 Å². The van der Waals surface area contributed by atoms with E-state index < -0.39 is 0 Å². The standard InChI is InChI=1S/C12H20/c1-5-6(2)10-9(5)11-7(3)8(4)12(10)11/h5-12H,1-4H3/t5-,6+,7?,8?,9?,10?,11?,12?. The molecule has 0 heteroatoms. The Hall–Kier alpha value is 0. The molecule has 0 bridgehead atoms. The average molecular weight is 164 g/mol. The molecule has 12 heavy (non-hydrogen) atoms. The molecule has 0 amide bonds. The highest BCUT2D eigenvalue weighted by Crippen LogP contribution is 2.75. The second kappa shape index (κ2) is 1.91. The summed E-state index contributed by atoms with van der Waals surface area (Å²) in [5.41, 5.74) is 0. The van der Waals surface area contributed by atoms with Crippen LogP contribution in [0.5, 0.6) is 0 Å². The van der Waals surface area contributed by atoms with Crippen LogP contribution in [0, 0.1) is 47.3 Å². The predicted molar refractivity (Wildman–Crippen MR) is 50.6 cm³/mol. The summed E-state index contributed by atoms with van der Waals surface area (Å²) < 4.78 is 0. The van der Waals surface area contributed by atoms with Gasteiger partial charge in [-0.25, -0.2) is 0 Å². The number of hydrogen-bond acceptors (Lipinski definition) is 0. The van der Waals surface area contributed by atoms with E-state index in [0.717, 1.165) is 47.3 Å². The van der Waals surface area contributed by atoms with Crippen LogP contribution < -0.4 is 0 Å². The van der Waals surface area contributed by atoms with Crippen LogP contribution >= 0.6 is 0 Å². The molecule has 0 nitrogen and oxygen atoms in total. The molecular formula is C12H20. The Bertz CT molecular complexity index is 164. The van der Waals surface area contributed by atoms with Gasteiger partial charge in [0.25, 0.3) is 0 Å². The minimum atomic E-state index is 1.05. The summed E-state index contributed by atoms with van der Waals surface area (Å²) in [4.78, 5) is 0. The van der Waals surface area contributed by atoms with Crippen molar-refractivity contribution in [3.05, 3.63) is 0 Å². The second-order valence-electron chi connectivity index (χ2n) is 5.75. The van der Waals surface area contributed by atoms with Crippen LogP contribution in [0.15, 0.2) is 0 Å². The van der Waals surface area contributed by atoms with Gasteiger partial charge in [-0.2, -0.15) is 0 Å². The predicted octanol–water partition coefficient (Wildman–Crippen LogP) is 3.04. The molecule has 0 spiro atoms. The summed E-state index contributed by atoms with van der Waals surface area (Å²) in [7, 11) is 0. The molecule has 0 N–H and O–H groups in total. The van der Waals surface area contributed by atoms with Crippen LogP contribution in [0.1, 0.15) is 27.7 Å². The van der Waals surface area contributed by atoms with Crippen molar-refractivity contribution < 1.29 is 0 Å². The van der Waals surface area contributed by atoms with Gasteiger partial charge >= 0.3 is 0 Å². The van der Waals surface area contributed by atoms with E-state index in [2.05, 4.69) is 27.7 Å². The van der Waals surface area contributed by atoms with Crippen LogP contribution in [-0.2, 0) is 0 Å². The molecular weight excluding hydrogens is 144 g/mol. The normalized spacial score (nSPS) is 73.0. The van der Waals surface area contributed by atoms with Crippen LogP contribution in [0.3, 0.4) is 0 Å². The molecule has 3 aliphatic rings. The Kier molecular flexibility index (Phi) is 1.18. The van der Waals surface area contributed by atoms with Crippen LogP contribution in [0.25, 0.3) is 0 Å². The third kappa shape index (κ3) is 0.506. The maximum Gasteiger partial charge on any atom is -0.0318 e. The first-order chi connectivity index (χ1) is 5.64. The van der Waals surface area contributed by atoms with Gasteiger partial charge in [0, 0.05) is 0 Å². The lowest BCUT2D eigenvalue weighted by Crippen LogP contribution is -2.72. The summed E-state index contributed by atoms with van der Waals surface area (Å²) in [5.74, 6) is 8.79. The molecule has 0 aliphatic heterocycles. The molecule has 0 radical (unpaired) electrons. The molecule has 3 saturated carbocycles. The lowest BCUT2D eigenvalue weighted by atomic mass is 9.28. The zero-order valence-electron chi connectivity index (χ0n) is 8.62. The minimum Gasteiger partial charge on any atom is -0.0620 e. The summed E-state index contributed by atoms with van der Waals surface area (Å²) in [5, 5.41) is 0. The number of rotatable bonds is 0. The van der Waals surface area contributed by atoms with Gasteiger partial charge in [-0.15, -0.1) is 0 Å². The minimum absolute atomic E-state index is 1.05. The first-order valence-corrected chi connectivity index (χ1v) is 5.64. The average Bonchev–Trinajstić information content (AvgIpc) is 2.03. The third-order valence-electron chi connectivity index (χ3n) is 5.86. The molecule has 3 fully saturated rings. The molecule has 0 aromatic carbocycles. The monoisotopic (exact) mass is 164 g/mol. The number of fused-ring (bicyclic) bond motifs is 4. The van der Waals surface area contributed by atoms with Crippen LogP contribution in [0.4, 0.5) is 0 Å². The first-order valence-electron chi connectivity index (χ1n) is 5.64.